The highest BCUT2D eigenvalue weighted by Gasteiger charge is 2.22. The zero-order valence-electron chi connectivity index (χ0n) is 9.15. The van der Waals surface area contributed by atoms with Crippen LogP contribution in [0, 0.1) is 10.1 Å². The van der Waals surface area contributed by atoms with Crippen LogP contribution in [0.5, 0.6) is 5.75 Å². The predicted molar refractivity (Wildman–Crippen MR) is 58.4 cm³/mol. The van der Waals surface area contributed by atoms with Crippen molar-refractivity contribution in [1.29, 1.82) is 0 Å². The number of alkyl halides is 2. The van der Waals surface area contributed by atoms with Gasteiger partial charge in [-0.2, -0.15) is 0 Å². The molecule has 4 nitrogen and oxygen atoms in total. The second kappa shape index (κ2) is 5.38. The summed E-state index contributed by atoms with van der Waals surface area (Å²) in [7, 11) is 0. The lowest BCUT2D eigenvalue weighted by molar-refractivity contribution is -0.386. The van der Waals surface area contributed by atoms with Gasteiger partial charge in [0.2, 0.25) is 0 Å². The van der Waals surface area contributed by atoms with Gasteiger partial charge in [-0.3, -0.25) is 10.1 Å². The number of rotatable bonds is 5. The fourth-order valence-electron chi connectivity index (χ4n) is 1.17. The molecule has 0 spiro atoms. The van der Waals surface area contributed by atoms with Crippen LogP contribution >= 0.6 is 0 Å². The molecule has 0 radical (unpaired) electrons. The van der Waals surface area contributed by atoms with Gasteiger partial charge in [0.15, 0.2) is 0 Å². The first-order valence-corrected chi connectivity index (χ1v) is 4.75. The summed E-state index contributed by atoms with van der Waals surface area (Å²) in [6, 6.07) is 3.27. The molecule has 0 bridgehead atoms. The van der Waals surface area contributed by atoms with Crippen molar-refractivity contribution in [3.05, 3.63) is 46.0 Å². The Morgan fingerprint density at radius 3 is 2.71 bits per heavy atom. The van der Waals surface area contributed by atoms with Crippen molar-refractivity contribution < 1.29 is 18.4 Å². The van der Waals surface area contributed by atoms with Crippen LogP contribution in [0.3, 0.4) is 0 Å². The lowest BCUT2D eigenvalue weighted by Crippen LogP contribution is -2.00. The van der Waals surface area contributed by atoms with E-state index in [0.717, 1.165) is 17.7 Å². The molecule has 0 aliphatic rings. The summed E-state index contributed by atoms with van der Waals surface area (Å²) < 4.78 is 30.3. The van der Waals surface area contributed by atoms with Crippen LogP contribution < -0.4 is 4.74 Å². The molecule has 6 heteroatoms. The maximum absolute atomic E-state index is 12.6. The fourth-order valence-corrected chi connectivity index (χ4v) is 1.17. The first-order chi connectivity index (χ1) is 7.91. The molecule has 0 aromatic heterocycles. The molecule has 0 heterocycles. The van der Waals surface area contributed by atoms with Crippen LogP contribution in [0.4, 0.5) is 14.5 Å². The number of nitro benzene ring substituents is 1. The van der Waals surface area contributed by atoms with E-state index in [1.165, 1.54) is 6.07 Å². The van der Waals surface area contributed by atoms with Gasteiger partial charge in [0.05, 0.1) is 10.5 Å². The molecule has 0 aliphatic carbocycles. The number of hydrogen-bond acceptors (Lipinski definition) is 3. The summed E-state index contributed by atoms with van der Waals surface area (Å²) in [6.45, 7) is 5.49. The second-order valence-corrected chi connectivity index (χ2v) is 3.52. The normalized spacial score (nSPS) is 10.4. The molecule has 1 aromatic carbocycles. The molecule has 17 heavy (non-hydrogen) atoms. The molecule has 1 aromatic rings. The molecule has 0 fully saturated rings. The Bertz CT molecular complexity index is 446. The molecular weight excluding hydrogens is 232 g/mol. The van der Waals surface area contributed by atoms with Crippen molar-refractivity contribution in [2.75, 3.05) is 6.61 Å². The van der Waals surface area contributed by atoms with E-state index in [-0.39, 0.29) is 12.4 Å². The van der Waals surface area contributed by atoms with Crippen LogP contribution in [0.15, 0.2) is 30.4 Å². The minimum absolute atomic E-state index is 0.161. The number of nitrogens with zero attached hydrogens (tertiary/aromatic N) is 1. The minimum Gasteiger partial charge on any atom is -0.489 e. The molecule has 0 saturated heterocycles. The Hall–Kier alpha value is -1.98. The molecule has 0 N–H and O–H groups in total. The summed E-state index contributed by atoms with van der Waals surface area (Å²) in [6.07, 6.45) is -2.91. The molecular formula is C11H11F2NO3. The van der Waals surface area contributed by atoms with Gasteiger partial charge < -0.3 is 4.74 Å². The van der Waals surface area contributed by atoms with Crippen LogP contribution in [-0.4, -0.2) is 11.5 Å². The van der Waals surface area contributed by atoms with Crippen LogP contribution in [0.25, 0.3) is 0 Å². The monoisotopic (exact) mass is 243 g/mol. The van der Waals surface area contributed by atoms with E-state index in [1.54, 1.807) is 6.92 Å². The van der Waals surface area contributed by atoms with Crippen molar-refractivity contribution in [2.45, 2.75) is 13.3 Å². The molecule has 0 unspecified atom stereocenters. The molecule has 92 valence electrons. The summed E-state index contributed by atoms with van der Waals surface area (Å²) in [5.74, 6) is 0.161. The van der Waals surface area contributed by atoms with E-state index in [1.807, 2.05) is 0 Å². The van der Waals surface area contributed by atoms with Crippen molar-refractivity contribution in [3.63, 3.8) is 0 Å². The van der Waals surface area contributed by atoms with Gasteiger partial charge in [0, 0.05) is 6.07 Å². The minimum atomic E-state index is -2.91. The average Bonchev–Trinajstić information content (AvgIpc) is 2.25. The Morgan fingerprint density at radius 2 is 2.24 bits per heavy atom. The smallest absolute Gasteiger partial charge is 0.278 e. The molecule has 0 saturated carbocycles. The topological polar surface area (TPSA) is 52.4 Å². The van der Waals surface area contributed by atoms with E-state index in [4.69, 9.17) is 4.74 Å². The Kier molecular flexibility index (Phi) is 4.14. The van der Waals surface area contributed by atoms with E-state index in [0.29, 0.717) is 0 Å². The zero-order chi connectivity index (χ0) is 13.0. The van der Waals surface area contributed by atoms with Gasteiger partial charge in [-0.15, -0.1) is 0 Å². The number of benzene rings is 1. The standard InChI is InChI=1S/C11H11F2NO3/c1-7(2)6-17-8-3-4-10(14(15)16)9(5-8)11(12)13/h3-5,11H,1,6H2,2H3. The largest absolute Gasteiger partial charge is 0.489 e. The van der Waals surface area contributed by atoms with E-state index in [2.05, 4.69) is 6.58 Å². The van der Waals surface area contributed by atoms with Gasteiger partial charge in [-0.25, -0.2) is 8.78 Å². The zero-order valence-corrected chi connectivity index (χ0v) is 9.15. The number of hydrogen-bond donors (Lipinski definition) is 0. The van der Waals surface area contributed by atoms with E-state index < -0.39 is 22.6 Å². The van der Waals surface area contributed by atoms with Crippen LogP contribution in [0.1, 0.15) is 18.9 Å². The van der Waals surface area contributed by atoms with Crippen LogP contribution in [0.2, 0.25) is 0 Å². The maximum atomic E-state index is 12.6. The third-order valence-electron chi connectivity index (χ3n) is 1.92. The maximum Gasteiger partial charge on any atom is 0.278 e. The molecule has 0 atom stereocenters. The Balaban J connectivity index is 3.01. The van der Waals surface area contributed by atoms with Crippen LogP contribution in [-0.2, 0) is 0 Å². The average molecular weight is 243 g/mol. The first-order valence-electron chi connectivity index (χ1n) is 4.75. The highest BCUT2D eigenvalue weighted by molar-refractivity contribution is 5.46. The van der Waals surface area contributed by atoms with Gasteiger partial charge in [-0.1, -0.05) is 6.58 Å². The first kappa shape index (κ1) is 13.1. The summed E-state index contributed by atoms with van der Waals surface area (Å²) in [4.78, 5) is 9.68. The highest BCUT2D eigenvalue weighted by atomic mass is 19.3. The van der Waals surface area contributed by atoms with Crippen molar-refractivity contribution in [1.82, 2.24) is 0 Å². The second-order valence-electron chi connectivity index (χ2n) is 3.52. The highest BCUT2D eigenvalue weighted by Crippen LogP contribution is 2.32. The van der Waals surface area contributed by atoms with Gasteiger partial charge >= 0.3 is 0 Å². The summed E-state index contributed by atoms with van der Waals surface area (Å²) in [5.41, 5.74) is -0.529. The van der Waals surface area contributed by atoms with Gasteiger partial charge in [0.25, 0.3) is 12.1 Å². The fraction of sp³-hybridized carbons (Fsp3) is 0.273. The third-order valence-corrected chi connectivity index (χ3v) is 1.92. The molecule has 0 amide bonds. The number of halogens is 2. The van der Waals surface area contributed by atoms with Gasteiger partial charge in [0.1, 0.15) is 12.4 Å². The molecule has 0 aliphatic heterocycles. The lowest BCUT2D eigenvalue weighted by atomic mass is 10.2. The Morgan fingerprint density at radius 1 is 1.59 bits per heavy atom. The van der Waals surface area contributed by atoms with Crippen molar-refractivity contribution in [2.24, 2.45) is 0 Å². The summed E-state index contributed by atoms with van der Waals surface area (Å²) in [5, 5.41) is 10.5. The number of ether oxygens (including phenoxy) is 1. The predicted octanol–water partition coefficient (Wildman–Crippen LogP) is 3.49. The van der Waals surface area contributed by atoms with Gasteiger partial charge in [-0.05, 0) is 24.6 Å². The lowest BCUT2D eigenvalue weighted by Gasteiger charge is -2.08. The SMILES string of the molecule is C=C(C)COc1ccc([N+](=O)[O-])c(C(F)F)c1. The van der Waals surface area contributed by atoms with E-state index >= 15 is 0 Å². The summed E-state index contributed by atoms with van der Waals surface area (Å²) >= 11 is 0. The van der Waals surface area contributed by atoms with Crippen molar-refractivity contribution >= 4 is 5.69 Å². The van der Waals surface area contributed by atoms with E-state index in [9.17, 15) is 18.9 Å². The Labute approximate surface area is 96.7 Å². The molecule has 1 rings (SSSR count). The number of nitro groups is 1. The third kappa shape index (κ3) is 3.51. The quantitative estimate of drug-likeness (QED) is 0.452. The van der Waals surface area contributed by atoms with Crippen molar-refractivity contribution in [3.8, 4) is 5.75 Å².